The number of rotatable bonds is 3. The van der Waals surface area contributed by atoms with E-state index in [0.29, 0.717) is 37.2 Å². The molecule has 0 aliphatic carbocycles. The number of likely N-dealkylation sites (tertiary alicyclic amines) is 1. The summed E-state index contributed by atoms with van der Waals surface area (Å²) in [5.41, 5.74) is 1.80. The predicted octanol–water partition coefficient (Wildman–Crippen LogP) is 3.96. The Morgan fingerprint density at radius 2 is 1.71 bits per heavy atom. The molecule has 5 heteroatoms. The summed E-state index contributed by atoms with van der Waals surface area (Å²) in [5, 5.41) is 0. The van der Waals surface area contributed by atoms with E-state index in [4.69, 9.17) is 4.74 Å². The maximum absolute atomic E-state index is 13.2. The summed E-state index contributed by atoms with van der Waals surface area (Å²) in [6.45, 7) is 3.15. The molecule has 1 aliphatic rings. The van der Waals surface area contributed by atoms with Crippen LogP contribution >= 0.6 is 0 Å². The van der Waals surface area contributed by atoms with Crippen LogP contribution in [0.15, 0.2) is 42.5 Å². The number of hydrogen-bond donors (Lipinski definition) is 0. The molecule has 0 bridgehead atoms. The van der Waals surface area contributed by atoms with Gasteiger partial charge < -0.3 is 9.64 Å². The Bertz CT molecular complexity index is 723. The topological polar surface area (TPSA) is 29.5 Å². The highest BCUT2D eigenvalue weighted by molar-refractivity contribution is 5.94. The molecule has 1 saturated heterocycles. The number of aryl methyl sites for hydroxylation is 1. The van der Waals surface area contributed by atoms with Crippen molar-refractivity contribution in [1.29, 1.82) is 0 Å². The number of halogens is 2. The molecule has 1 aliphatic heterocycles. The zero-order valence-electron chi connectivity index (χ0n) is 13.5. The van der Waals surface area contributed by atoms with E-state index in [1.54, 1.807) is 4.90 Å². The van der Waals surface area contributed by atoms with E-state index in [2.05, 4.69) is 0 Å². The summed E-state index contributed by atoms with van der Waals surface area (Å²) in [4.78, 5) is 14.3. The molecule has 1 heterocycles. The summed E-state index contributed by atoms with van der Waals surface area (Å²) in [7, 11) is 0. The van der Waals surface area contributed by atoms with Crippen molar-refractivity contribution in [2.45, 2.75) is 25.9 Å². The Morgan fingerprint density at radius 1 is 1.04 bits per heavy atom. The summed E-state index contributed by atoms with van der Waals surface area (Å²) in [6.07, 6.45) is 1.23. The van der Waals surface area contributed by atoms with Gasteiger partial charge in [-0.05, 0) is 31.2 Å². The van der Waals surface area contributed by atoms with Crippen LogP contribution in [0.1, 0.15) is 28.8 Å². The first kappa shape index (κ1) is 16.4. The van der Waals surface area contributed by atoms with Crippen molar-refractivity contribution in [3.8, 4) is 5.75 Å². The van der Waals surface area contributed by atoms with Crippen molar-refractivity contribution in [1.82, 2.24) is 4.90 Å². The number of ether oxygens (including phenoxy) is 1. The van der Waals surface area contributed by atoms with Gasteiger partial charge in [-0.25, -0.2) is 8.78 Å². The molecule has 3 rings (SSSR count). The van der Waals surface area contributed by atoms with Gasteiger partial charge in [-0.2, -0.15) is 0 Å². The summed E-state index contributed by atoms with van der Waals surface area (Å²) >= 11 is 0. The Kier molecular flexibility index (Phi) is 4.79. The predicted molar refractivity (Wildman–Crippen MR) is 87.1 cm³/mol. The molecular formula is C19H19F2NO2. The molecular weight excluding hydrogens is 312 g/mol. The zero-order valence-corrected chi connectivity index (χ0v) is 13.5. The average molecular weight is 331 g/mol. The fourth-order valence-electron chi connectivity index (χ4n) is 2.80. The normalized spacial score (nSPS) is 15.4. The van der Waals surface area contributed by atoms with E-state index in [1.165, 1.54) is 6.07 Å². The molecule has 0 atom stereocenters. The number of carbonyl (C=O) groups is 1. The van der Waals surface area contributed by atoms with Gasteiger partial charge in [-0.1, -0.05) is 17.7 Å². The Morgan fingerprint density at radius 3 is 2.33 bits per heavy atom. The number of carbonyl (C=O) groups excluding carboxylic acids is 1. The lowest BCUT2D eigenvalue weighted by Gasteiger charge is -2.32. The van der Waals surface area contributed by atoms with E-state index >= 15 is 0 Å². The van der Waals surface area contributed by atoms with E-state index in [9.17, 15) is 13.6 Å². The quantitative estimate of drug-likeness (QED) is 0.852. The van der Waals surface area contributed by atoms with Crippen LogP contribution in [0, 0.1) is 18.6 Å². The first-order valence-corrected chi connectivity index (χ1v) is 8.00. The average Bonchev–Trinajstić information content (AvgIpc) is 2.59. The lowest BCUT2D eigenvalue weighted by atomic mass is 10.1. The van der Waals surface area contributed by atoms with Gasteiger partial charge in [0.05, 0.1) is 0 Å². The SMILES string of the molecule is Cc1ccc(C(=O)N2CCC(Oc3ccc(F)c(F)c3)CC2)cc1. The molecule has 0 aromatic heterocycles. The molecule has 0 N–H and O–H groups in total. The molecule has 1 amide bonds. The highest BCUT2D eigenvalue weighted by Crippen LogP contribution is 2.22. The summed E-state index contributed by atoms with van der Waals surface area (Å²) in [6, 6.07) is 11.0. The van der Waals surface area contributed by atoms with Gasteiger partial charge in [-0.3, -0.25) is 4.79 Å². The first-order valence-electron chi connectivity index (χ1n) is 8.00. The van der Waals surface area contributed by atoms with Crippen LogP contribution in [0.3, 0.4) is 0 Å². The van der Waals surface area contributed by atoms with E-state index in [0.717, 1.165) is 17.7 Å². The third-order valence-corrected chi connectivity index (χ3v) is 4.22. The van der Waals surface area contributed by atoms with Crippen LogP contribution in [0.5, 0.6) is 5.75 Å². The monoisotopic (exact) mass is 331 g/mol. The fraction of sp³-hybridized carbons (Fsp3) is 0.316. The summed E-state index contributed by atoms with van der Waals surface area (Å²) in [5.74, 6) is -1.47. The maximum Gasteiger partial charge on any atom is 0.253 e. The fourth-order valence-corrected chi connectivity index (χ4v) is 2.80. The van der Waals surface area contributed by atoms with Crippen molar-refractivity contribution in [3.63, 3.8) is 0 Å². The van der Waals surface area contributed by atoms with Gasteiger partial charge in [-0.15, -0.1) is 0 Å². The standard InChI is InChI=1S/C19H19F2NO2/c1-13-2-4-14(5-3-13)19(23)22-10-8-15(9-11-22)24-16-6-7-17(20)18(21)12-16/h2-7,12,15H,8-11H2,1H3. The Labute approximate surface area is 139 Å². The van der Waals surface area contributed by atoms with Crippen molar-refractivity contribution >= 4 is 5.91 Å². The summed E-state index contributed by atoms with van der Waals surface area (Å²) < 4.78 is 31.8. The van der Waals surface area contributed by atoms with E-state index in [1.807, 2.05) is 31.2 Å². The van der Waals surface area contributed by atoms with Gasteiger partial charge in [0.15, 0.2) is 11.6 Å². The van der Waals surface area contributed by atoms with Crippen molar-refractivity contribution < 1.29 is 18.3 Å². The molecule has 2 aromatic carbocycles. The number of benzene rings is 2. The zero-order chi connectivity index (χ0) is 17.1. The largest absolute Gasteiger partial charge is 0.490 e. The van der Waals surface area contributed by atoms with E-state index < -0.39 is 11.6 Å². The highest BCUT2D eigenvalue weighted by Gasteiger charge is 2.24. The molecule has 2 aromatic rings. The Hall–Kier alpha value is -2.43. The molecule has 1 fully saturated rings. The number of hydrogen-bond acceptors (Lipinski definition) is 2. The van der Waals surface area contributed by atoms with Crippen molar-refractivity contribution in [2.75, 3.05) is 13.1 Å². The second-order valence-electron chi connectivity index (χ2n) is 6.05. The van der Waals surface area contributed by atoms with Crippen LogP contribution in [-0.2, 0) is 0 Å². The molecule has 126 valence electrons. The van der Waals surface area contributed by atoms with Gasteiger partial charge in [0.25, 0.3) is 5.91 Å². The molecule has 24 heavy (non-hydrogen) atoms. The molecule has 0 spiro atoms. The molecule has 0 unspecified atom stereocenters. The van der Waals surface area contributed by atoms with Crippen molar-refractivity contribution in [2.24, 2.45) is 0 Å². The van der Waals surface area contributed by atoms with Gasteiger partial charge in [0, 0.05) is 37.6 Å². The smallest absolute Gasteiger partial charge is 0.253 e. The molecule has 3 nitrogen and oxygen atoms in total. The number of amides is 1. The lowest BCUT2D eigenvalue weighted by molar-refractivity contribution is 0.0595. The number of nitrogens with zero attached hydrogens (tertiary/aromatic N) is 1. The first-order chi connectivity index (χ1) is 11.5. The minimum atomic E-state index is -0.917. The maximum atomic E-state index is 13.2. The third kappa shape index (κ3) is 3.72. The van der Waals surface area contributed by atoms with Gasteiger partial charge in [0.1, 0.15) is 11.9 Å². The minimum absolute atomic E-state index is 0.0151. The van der Waals surface area contributed by atoms with Gasteiger partial charge >= 0.3 is 0 Å². The van der Waals surface area contributed by atoms with Crippen LogP contribution in [-0.4, -0.2) is 30.0 Å². The highest BCUT2D eigenvalue weighted by atomic mass is 19.2. The molecule has 0 radical (unpaired) electrons. The number of piperidine rings is 1. The van der Waals surface area contributed by atoms with Crippen molar-refractivity contribution in [3.05, 3.63) is 65.2 Å². The van der Waals surface area contributed by atoms with Gasteiger partial charge in [0.2, 0.25) is 0 Å². The van der Waals surface area contributed by atoms with Crippen LogP contribution in [0.4, 0.5) is 8.78 Å². The molecule has 0 saturated carbocycles. The lowest BCUT2D eigenvalue weighted by Crippen LogP contribution is -2.41. The van der Waals surface area contributed by atoms with E-state index in [-0.39, 0.29) is 12.0 Å². The van der Waals surface area contributed by atoms with Crippen LogP contribution < -0.4 is 4.74 Å². The van der Waals surface area contributed by atoms with Crippen LogP contribution in [0.2, 0.25) is 0 Å². The second kappa shape index (κ2) is 6.99. The Balaban J connectivity index is 1.56. The third-order valence-electron chi connectivity index (χ3n) is 4.22. The van der Waals surface area contributed by atoms with Crippen LogP contribution in [0.25, 0.3) is 0 Å². The second-order valence-corrected chi connectivity index (χ2v) is 6.05. The minimum Gasteiger partial charge on any atom is -0.490 e.